The van der Waals surface area contributed by atoms with Gasteiger partial charge in [-0.1, -0.05) is 36.4 Å². The number of hydrogen-bond acceptors (Lipinski definition) is 4. The molecule has 1 aromatic heterocycles. The van der Waals surface area contributed by atoms with Crippen LogP contribution < -0.4 is 5.32 Å². The zero-order valence-corrected chi connectivity index (χ0v) is 18.7. The number of nitrogens with one attached hydrogen (secondary N) is 1. The van der Waals surface area contributed by atoms with Gasteiger partial charge in [0.25, 0.3) is 0 Å². The quantitative estimate of drug-likeness (QED) is 0.438. The van der Waals surface area contributed by atoms with Crippen molar-refractivity contribution in [2.45, 2.75) is 25.7 Å². The highest BCUT2D eigenvalue weighted by molar-refractivity contribution is 5.81. The number of amides is 1. The van der Waals surface area contributed by atoms with E-state index in [0.29, 0.717) is 5.56 Å². The number of carbonyl (C=O) groups is 1. The zero-order valence-electron chi connectivity index (χ0n) is 18.7. The first-order chi connectivity index (χ1) is 16.5. The lowest BCUT2D eigenvalue weighted by molar-refractivity contribution is -0.119. The van der Waals surface area contributed by atoms with Crippen molar-refractivity contribution in [1.29, 1.82) is 5.26 Å². The predicted octanol–water partition coefficient (Wildman–Crippen LogP) is 5.32. The highest BCUT2D eigenvalue weighted by Crippen LogP contribution is 2.18. The number of fused-ring (bicyclic) bond motifs is 1. The van der Waals surface area contributed by atoms with E-state index in [9.17, 15) is 9.18 Å². The van der Waals surface area contributed by atoms with Crippen LogP contribution in [0.5, 0.6) is 5.75 Å². The summed E-state index contributed by atoms with van der Waals surface area (Å²) in [6.45, 7) is 0.888. The molecule has 5 rings (SSSR count). The number of hydrogen-bond donors (Lipinski definition) is 2. The molecule has 0 unspecified atom stereocenters. The van der Waals surface area contributed by atoms with E-state index >= 15 is 0 Å². The maximum Gasteiger partial charge on any atom is 0.220 e. The molecule has 0 radical (unpaired) electrons. The summed E-state index contributed by atoms with van der Waals surface area (Å²) in [4.78, 5) is 14.6. The molecule has 2 N–H and O–H groups in total. The van der Waals surface area contributed by atoms with Crippen molar-refractivity contribution >= 4 is 16.8 Å². The highest BCUT2D eigenvalue weighted by Gasteiger charge is 2.05. The number of phenolic OH excluding ortho intramolecular Hbond substituents is 1. The lowest BCUT2D eigenvalue weighted by atomic mass is 10.0. The molecule has 1 amide bonds. The van der Waals surface area contributed by atoms with Crippen LogP contribution in [0.25, 0.3) is 10.9 Å². The molecule has 0 spiro atoms. The maximum atomic E-state index is 12.8. The van der Waals surface area contributed by atoms with Crippen molar-refractivity contribution in [2.75, 3.05) is 6.54 Å². The Hall–Kier alpha value is -4.24. The van der Waals surface area contributed by atoms with Crippen LogP contribution in [-0.2, 0) is 17.6 Å². The topological polar surface area (TPSA) is 86.0 Å². The molecule has 1 aliphatic rings. The Morgan fingerprint density at radius 3 is 2.32 bits per heavy atom. The summed E-state index contributed by atoms with van der Waals surface area (Å²) < 4.78 is 12.8. The van der Waals surface area contributed by atoms with Gasteiger partial charge >= 0.3 is 0 Å². The van der Waals surface area contributed by atoms with Gasteiger partial charge in [-0.25, -0.2) is 4.39 Å². The molecular weight excluding hydrogens is 429 g/mol. The molecule has 34 heavy (non-hydrogen) atoms. The van der Waals surface area contributed by atoms with Gasteiger partial charge in [0.15, 0.2) is 0 Å². The summed E-state index contributed by atoms with van der Waals surface area (Å²) >= 11 is 0. The van der Waals surface area contributed by atoms with Crippen LogP contribution in [0.4, 0.5) is 4.39 Å². The molecule has 6 heteroatoms. The number of carbonyl (C=O) groups excluding carboxylic acids is 1. The molecule has 0 bridgehead atoms. The third-order valence-corrected chi connectivity index (χ3v) is 5.21. The number of aromatic nitrogens is 1. The lowest BCUT2D eigenvalue weighted by Gasteiger charge is -2.05. The van der Waals surface area contributed by atoms with Gasteiger partial charge in [-0.05, 0) is 72.9 Å². The lowest BCUT2D eigenvalue weighted by Crippen LogP contribution is -2.12. The van der Waals surface area contributed by atoms with Gasteiger partial charge in [0.2, 0.25) is 5.91 Å². The zero-order chi connectivity index (χ0) is 24.2. The van der Waals surface area contributed by atoms with Crippen LogP contribution in [-0.4, -0.2) is 22.5 Å². The fraction of sp³-hybridized carbons (Fsp3) is 0.179. The van der Waals surface area contributed by atoms with Crippen molar-refractivity contribution in [3.8, 4) is 11.8 Å². The molecule has 3 aromatic carbocycles. The van der Waals surface area contributed by atoms with E-state index in [1.165, 1.54) is 35.2 Å². The Bertz CT molecular complexity index is 1240. The molecule has 0 atom stereocenters. The molecule has 1 aliphatic heterocycles. The first kappa shape index (κ1) is 24.4. The van der Waals surface area contributed by atoms with Gasteiger partial charge in [-0.3, -0.25) is 9.78 Å². The molecule has 5 nitrogen and oxygen atoms in total. The number of rotatable bonds is 3. The number of pyridine rings is 1. The van der Waals surface area contributed by atoms with Gasteiger partial charge in [-0.15, -0.1) is 0 Å². The van der Waals surface area contributed by atoms with E-state index < -0.39 is 0 Å². The van der Waals surface area contributed by atoms with E-state index in [1.807, 2.05) is 30.5 Å². The number of halogens is 1. The van der Waals surface area contributed by atoms with Crippen LogP contribution in [0, 0.1) is 17.1 Å². The standard InChI is InChI=1S/C17H14FN.C7H5NO.C4H7NO/c18-16-10-7-13(8-11-16)6-9-15-4-1-3-14-5-2-12-19-17(14)15;8-5-6-1-3-7(9)4-2-6;6-4-2-1-3-5-4/h1-5,7-8,10-12H,6,9H2;1-4,9H;1-3H2,(H,5,6). The monoisotopic (exact) mass is 455 g/mol. The number of para-hydroxylation sites is 1. The summed E-state index contributed by atoms with van der Waals surface area (Å²) in [7, 11) is 0. The summed E-state index contributed by atoms with van der Waals surface area (Å²) in [6, 6.07) is 25.0. The van der Waals surface area contributed by atoms with Crippen molar-refractivity contribution in [3.05, 3.63) is 108 Å². The Morgan fingerprint density at radius 2 is 1.71 bits per heavy atom. The predicted molar refractivity (Wildman–Crippen MR) is 131 cm³/mol. The van der Waals surface area contributed by atoms with E-state index in [1.54, 1.807) is 12.1 Å². The van der Waals surface area contributed by atoms with Crippen molar-refractivity contribution in [3.63, 3.8) is 0 Å². The Balaban J connectivity index is 0.000000178. The third kappa shape index (κ3) is 7.72. The van der Waals surface area contributed by atoms with Crippen molar-refractivity contribution < 1.29 is 14.3 Å². The summed E-state index contributed by atoms with van der Waals surface area (Å²) in [5, 5.41) is 20.9. The minimum absolute atomic E-state index is 0.185. The normalized spacial score (nSPS) is 11.9. The van der Waals surface area contributed by atoms with E-state index in [4.69, 9.17) is 10.4 Å². The van der Waals surface area contributed by atoms with Gasteiger partial charge in [0.05, 0.1) is 17.1 Å². The average Bonchev–Trinajstić information content (AvgIpc) is 3.36. The van der Waals surface area contributed by atoms with Gasteiger partial charge < -0.3 is 10.4 Å². The van der Waals surface area contributed by atoms with E-state index in [2.05, 4.69) is 34.6 Å². The number of nitriles is 1. The minimum atomic E-state index is -0.185. The van der Waals surface area contributed by atoms with Crippen LogP contribution in [0.2, 0.25) is 0 Å². The van der Waals surface area contributed by atoms with Crippen LogP contribution in [0.15, 0.2) is 85.1 Å². The molecule has 1 saturated heterocycles. The van der Waals surface area contributed by atoms with Gasteiger partial charge in [0.1, 0.15) is 11.6 Å². The molecule has 1 fully saturated rings. The number of aryl methyl sites for hydroxylation is 2. The van der Waals surface area contributed by atoms with Gasteiger partial charge in [0, 0.05) is 24.5 Å². The molecule has 0 saturated carbocycles. The fourth-order valence-corrected chi connectivity index (χ4v) is 3.40. The SMILES string of the molecule is Fc1ccc(CCc2cccc3cccnc23)cc1.N#Cc1ccc(O)cc1.O=C1CCCN1. The first-order valence-electron chi connectivity index (χ1n) is 11.1. The van der Waals surface area contributed by atoms with Gasteiger partial charge in [-0.2, -0.15) is 5.26 Å². The number of benzene rings is 3. The molecule has 2 heterocycles. The van der Waals surface area contributed by atoms with Crippen molar-refractivity contribution in [2.24, 2.45) is 0 Å². The average molecular weight is 456 g/mol. The Labute approximate surface area is 198 Å². The molecule has 172 valence electrons. The molecule has 0 aliphatic carbocycles. The Morgan fingerprint density at radius 1 is 0.971 bits per heavy atom. The number of nitrogens with zero attached hydrogens (tertiary/aromatic N) is 2. The second-order valence-corrected chi connectivity index (χ2v) is 7.73. The summed E-state index contributed by atoms with van der Waals surface area (Å²) in [5.74, 6) is 0.208. The number of aromatic hydroxyl groups is 1. The minimum Gasteiger partial charge on any atom is -0.508 e. The second-order valence-electron chi connectivity index (χ2n) is 7.73. The number of phenols is 1. The third-order valence-electron chi connectivity index (χ3n) is 5.21. The highest BCUT2D eigenvalue weighted by atomic mass is 19.1. The summed E-state index contributed by atoms with van der Waals surface area (Å²) in [5.41, 5.74) is 4.01. The van der Waals surface area contributed by atoms with E-state index in [0.717, 1.165) is 43.3 Å². The second kappa shape index (κ2) is 12.7. The largest absolute Gasteiger partial charge is 0.508 e. The molecular formula is C28H26FN3O2. The van der Waals surface area contributed by atoms with Crippen LogP contribution >= 0.6 is 0 Å². The summed E-state index contributed by atoms with van der Waals surface area (Å²) in [6.07, 6.45) is 5.40. The smallest absolute Gasteiger partial charge is 0.220 e. The maximum absolute atomic E-state index is 12.8. The van der Waals surface area contributed by atoms with Crippen LogP contribution in [0.1, 0.15) is 29.5 Å². The first-order valence-corrected chi connectivity index (χ1v) is 11.1. The molecule has 4 aromatic rings. The fourth-order valence-electron chi connectivity index (χ4n) is 3.40. The van der Waals surface area contributed by atoms with Crippen LogP contribution in [0.3, 0.4) is 0 Å². The Kier molecular flexibility index (Phi) is 9.12. The van der Waals surface area contributed by atoms with E-state index in [-0.39, 0.29) is 17.5 Å². The van der Waals surface area contributed by atoms with Crippen molar-refractivity contribution in [1.82, 2.24) is 10.3 Å².